The van der Waals surface area contributed by atoms with Gasteiger partial charge in [0.1, 0.15) is 5.75 Å². The van der Waals surface area contributed by atoms with Crippen molar-refractivity contribution < 1.29 is 19.1 Å². The molecule has 2 rings (SSSR count). The molecule has 4 heteroatoms. The zero-order valence-corrected chi connectivity index (χ0v) is 11.1. The van der Waals surface area contributed by atoms with Crippen LogP contribution in [0.25, 0.3) is 0 Å². The van der Waals surface area contributed by atoms with Gasteiger partial charge in [-0.15, -0.1) is 0 Å². The molecule has 0 bridgehead atoms. The number of methoxy groups -OCH3 is 1. The van der Waals surface area contributed by atoms with E-state index in [0.717, 1.165) is 24.8 Å². The Hall–Kier alpha value is -1.84. The summed E-state index contributed by atoms with van der Waals surface area (Å²) in [6.07, 6.45) is 4.43. The number of rotatable bonds is 4. The minimum atomic E-state index is -0.396. The first-order valence-corrected chi connectivity index (χ1v) is 6.59. The van der Waals surface area contributed by atoms with Crippen LogP contribution in [-0.2, 0) is 27.2 Å². The van der Waals surface area contributed by atoms with Gasteiger partial charge in [0.2, 0.25) is 0 Å². The highest BCUT2D eigenvalue weighted by Gasteiger charge is 2.16. The molecule has 0 aliphatic heterocycles. The average Bonchev–Trinajstić information content (AvgIpc) is 2.45. The monoisotopic (exact) mass is 262 g/mol. The fourth-order valence-electron chi connectivity index (χ4n) is 2.32. The molecule has 0 amide bonds. The van der Waals surface area contributed by atoms with E-state index in [0.29, 0.717) is 5.75 Å². The van der Waals surface area contributed by atoms with Crippen LogP contribution in [0.2, 0.25) is 0 Å². The molecule has 4 nitrogen and oxygen atoms in total. The third-order valence-corrected chi connectivity index (χ3v) is 3.34. The molecule has 102 valence electrons. The Morgan fingerprint density at radius 3 is 2.63 bits per heavy atom. The second-order valence-corrected chi connectivity index (χ2v) is 4.65. The molecule has 0 radical (unpaired) electrons. The highest BCUT2D eigenvalue weighted by molar-refractivity contribution is 5.79. The first-order valence-electron chi connectivity index (χ1n) is 6.59. The standard InChI is InChI=1S/C15H18O4/c1-18-14(16)9-10-15(17)19-13-8-4-6-11-5-2-3-7-12(11)13/h4,6,8H,2-3,5,7,9-10H2,1H3. The lowest BCUT2D eigenvalue weighted by atomic mass is 9.91. The smallest absolute Gasteiger partial charge is 0.311 e. The molecule has 0 atom stereocenters. The van der Waals surface area contributed by atoms with E-state index >= 15 is 0 Å². The Labute approximate surface area is 112 Å². The second-order valence-electron chi connectivity index (χ2n) is 4.65. The van der Waals surface area contributed by atoms with Crippen LogP contribution >= 0.6 is 0 Å². The van der Waals surface area contributed by atoms with Crippen molar-refractivity contribution >= 4 is 11.9 Å². The predicted molar refractivity (Wildman–Crippen MR) is 70.0 cm³/mol. The number of benzene rings is 1. The van der Waals surface area contributed by atoms with Crippen molar-refractivity contribution in [3.05, 3.63) is 29.3 Å². The molecule has 1 aromatic rings. The van der Waals surface area contributed by atoms with Gasteiger partial charge < -0.3 is 9.47 Å². The summed E-state index contributed by atoms with van der Waals surface area (Å²) in [5.41, 5.74) is 2.41. The van der Waals surface area contributed by atoms with Gasteiger partial charge in [0.25, 0.3) is 0 Å². The predicted octanol–water partition coefficient (Wildman–Crippen LogP) is 2.42. The number of hydrogen-bond acceptors (Lipinski definition) is 4. The van der Waals surface area contributed by atoms with Crippen molar-refractivity contribution in [1.29, 1.82) is 0 Å². The number of carbonyl (C=O) groups excluding carboxylic acids is 2. The molecule has 0 fully saturated rings. The quantitative estimate of drug-likeness (QED) is 0.617. The van der Waals surface area contributed by atoms with Crippen LogP contribution in [-0.4, -0.2) is 19.0 Å². The Morgan fingerprint density at radius 1 is 1.11 bits per heavy atom. The summed E-state index contributed by atoms with van der Waals surface area (Å²) in [6.45, 7) is 0. The molecule has 1 aromatic carbocycles. The molecule has 0 saturated heterocycles. The largest absolute Gasteiger partial charge is 0.469 e. The fraction of sp³-hybridized carbons (Fsp3) is 0.467. The average molecular weight is 262 g/mol. The lowest BCUT2D eigenvalue weighted by Crippen LogP contribution is -2.14. The molecule has 1 aliphatic rings. The van der Waals surface area contributed by atoms with E-state index in [1.165, 1.54) is 19.1 Å². The van der Waals surface area contributed by atoms with Crippen molar-refractivity contribution in [3.8, 4) is 5.75 Å². The molecular formula is C15H18O4. The van der Waals surface area contributed by atoms with Gasteiger partial charge in [-0.05, 0) is 42.9 Å². The Morgan fingerprint density at radius 2 is 1.84 bits per heavy atom. The van der Waals surface area contributed by atoms with E-state index in [9.17, 15) is 9.59 Å². The first kappa shape index (κ1) is 13.6. The maximum absolute atomic E-state index is 11.7. The first-order chi connectivity index (χ1) is 9.20. The summed E-state index contributed by atoms with van der Waals surface area (Å²) >= 11 is 0. The van der Waals surface area contributed by atoms with E-state index in [-0.39, 0.29) is 18.8 Å². The molecule has 0 aromatic heterocycles. The summed E-state index contributed by atoms with van der Waals surface area (Å²) in [7, 11) is 1.31. The van der Waals surface area contributed by atoms with Crippen LogP contribution in [0.3, 0.4) is 0 Å². The third-order valence-electron chi connectivity index (χ3n) is 3.34. The maximum Gasteiger partial charge on any atom is 0.311 e. The summed E-state index contributed by atoms with van der Waals surface area (Å²) in [4.78, 5) is 22.7. The molecule has 0 N–H and O–H groups in total. The molecule has 1 aliphatic carbocycles. The van der Waals surface area contributed by atoms with Crippen molar-refractivity contribution in [1.82, 2.24) is 0 Å². The summed E-state index contributed by atoms with van der Waals surface area (Å²) < 4.78 is 9.86. The van der Waals surface area contributed by atoms with E-state index in [2.05, 4.69) is 10.8 Å². The number of ether oxygens (including phenoxy) is 2. The Balaban J connectivity index is 1.99. The highest BCUT2D eigenvalue weighted by atomic mass is 16.5. The van der Waals surface area contributed by atoms with E-state index < -0.39 is 5.97 Å². The molecule has 0 saturated carbocycles. The topological polar surface area (TPSA) is 52.6 Å². The molecule has 0 spiro atoms. The highest BCUT2D eigenvalue weighted by Crippen LogP contribution is 2.29. The fourth-order valence-corrected chi connectivity index (χ4v) is 2.32. The van der Waals surface area contributed by atoms with Crippen LogP contribution in [0.5, 0.6) is 5.75 Å². The van der Waals surface area contributed by atoms with Crippen molar-refractivity contribution in [2.45, 2.75) is 38.5 Å². The second kappa shape index (κ2) is 6.36. The number of fused-ring (bicyclic) bond motifs is 1. The number of aryl methyl sites for hydroxylation is 1. The van der Waals surface area contributed by atoms with Crippen LogP contribution in [0.1, 0.15) is 36.8 Å². The van der Waals surface area contributed by atoms with Crippen LogP contribution in [0, 0.1) is 0 Å². The zero-order chi connectivity index (χ0) is 13.7. The zero-order valence-electron chi connectivity index (χ0n) is 11.1. The molecule has 0 unspecified atom stereocenters. The molecule has 19 heavy (non-hydrogen) atoms. The Bertz CT molecular complexity index is 479. The maximum atomic E-state index is 11.7. The van der Waals surface area contributed by atoms with E-state index in [1.807, 2.05) is 12.1 Å². The van der Waals surface area contributed by atoms with Gasteiger partial charge >= 0.3 is 11.9 Å². The minimum Gasteiger partial charge on any atom is -0.469 e. The molecule has 0 heterocycles. The van der Waals surface area contributed by atoms with Crippen LogP contribution < -0.4 is 4.74 Å². The molecular weight excluding hydrogens is 244 g/mol. The third kappa shape index (κ3) is 3.56. The normalized spacial score (nSPS) is 13.5. The van der Waals surface area contributed by atoms with Gasteiger partial charge in [-0.1, -0.05) is 12.1 Å². The van der Waals surface area contributed by atoms with Gasteiger partial charge in [-0.25, -0.2) is 0 Å². The van der Waals surface area contributed by atoms with Crippen molar-refractivity contribution in [3.63, 3.8) is 0 Å². The van der Waals surface area contributed by atoms with Gasteiger partial charge in [0.05, 0.1) is 20.0 Å². The summed E-state index contributed by atoms with van der Waals surface area (Å²) in [5.74, 6) is -0.136. The van der Waals surface area contributed by atoms with Crippen LogP contribution in [0.4, 0.5) is 0 Å². The SMILES string of the molecule is COC(=O)CCC(=O)Oc1cccc2c1CCCC2. The van der Waals surface area contributed by atoms with Gasteiger partial charge in [0, 0.05) is 0 Å². The Kier molecular flexibility index (Phi) is 4.55. The summed E-state index contributed by atoms with van der Waals surface area (Å²) in [6, 6.07) is 5.81. The number of hydrogen-bond donors (Lipinski definition) is 0. The minimum absolute atomic E-state index is 0.0519. The van der Waals surface area contributed by atoms with Crippen molar-refractivity contribution in [2.24, 2.45) is 0 Å². The van der Waals surface area contributed by atoms with Crippen LogP contribution in [0.15, 0.2) is 18.2 Å². The van der Waals surface area contributed by atoms with Crippen molar-refractivity contribution in [2.75, 3.05) is 7.11 Å². The van der Waals surface area contributed by atoms with Gasteiger partial charge in [-0.3, -0.25) is 9.59 Å². The summed E-state index contributed by atoms with van der Waals surface area (Å²) in [5, 5.41) is 0. The van der Waals surface area contributed by atoms with Gasteiger partial charge in [0.15, 0.2) is 0 Å². The number of esters is 2. The van der Waals surface area contributed by atoms with Gasteiger partial charge in [-0.2, -0.15) is 0 Å². The number of carbonyl (C=O) groups is 2. The van der Waals surface area contributed by atoms with E-state index in [1.54, 1.807) is 0 Å². The van der Waals surface area contributed by atoms with E-state index in [4.69, 9.17) is 4.74 Å². The lowest BCUT2D eigenvalue weighted by molar-refractivity contribution is -0.144. The lowest BCUT2D eigenvalue weighted by Gasteiger charge is -2.18.